The number of morpholine rings is 1. The molecule has 0 aromatic carbocycles. The molecule has 110 valence electrons. The molecule has 5 nitrogen and oxygen atoms in total. The monoisotopic (exact) mass is 279 g/mol. The summed E-state index contributed by atoms with van der Waals surface area (Å²) in [7, 11) is 0. The van der Waals surface area contributed by atoms with E-state index in [0.717, 1.165) is 44.9 Å². The fourth-order valence-electron chi connectivity index (χ4n) is 3.52. The van der Waals surface area contributed by atoms with Crippen LogP contribution in [0.2, 0.25) is 0 Å². The first-order chi connectivity index (χ1) is 9.65. The standard InChI is InChI=1S/C15H21NO4/c1-10-9-20-13-7-11(8-14(17)18)6-12(15(10)13)16-2-4-19-5-3-16/h9,11-12H,2-8H2,1H3,(H,17,18). The topological polar surface area (TPSA) is 62.9 Å². The van der Waals surface area contributed by atoms with Gasteiger partial charge in [0.15, 0.2) is 0 Å². The van der Waals surface area contributed by atoms with Crippen LogP contribution in [0.1, 0.15) is 35.8 Å². The van der Waals surface area contributed by atoms with Crippen LogP contribution in [0.5, 0.6) is 0 Å². The average molecular weight is 279 g/mol. The lowest BCUT2D eigenvalue weighted by molar-refractivity contribution is -0.138. The largest absolute Gasteiger partial charge is 0.481 e. The molecule has 1 aliphatic heterocycles. The lowest BCUT2D eigenvalue weighted by atomic mass is 9.81. The molecule has 1 aliphatic carbocycles. The van der Waals surface area contributed by atoms with Crippen molar-refractivity contribution in [2.75, 3.05) is 26.3 Å². The van der Waals surface area contributed by atoms with E-state index in [1.807, 2.05) is 0 Å². The van der Waals surface area contributed by atoms with Crippen molar-refractivity contribution in [3.63, 3.8) is 0 Å². The van der Waals surface area contributed by atoms with Crippen molar-refractivity contribution < 1.29 is 19.1 Å². The van der Waals surface area contributed by atoms with Crippen LogP contribution in [0.3, 0.4) is 0 Å². The summed E-state index contributed by atoms with van der Waals surface area (Å²) >= 11 is 0. The van der Waals surface area contributed by atoms with Gasteiger partial charge in [0, 0.05) is 37.5 Å². The summed E-state index contributed by atoms with van der Waals surface area (Å²) in [5, 5.41) is 9.05. The first-order valence-corrected chi connectivity index (χ1v) is 7.25. The van der Waals surface area contributed by atoms with Gasteiger partial charge in [-0.1, -0.05) is 0 Å². The number of hydrogen-bond donors (Lipinski definition) is 1. The van der Waals surface area contributed by atoms with Crippen LogP contribution < -0.4 is 0 Å². The van der Waals surface area contributed by atoms with Crippen LogP contribution in [-0.4, -0.2) is 42.3 Å². The molecule has 0 saturated carbocycles. The van der Waals surface area contributed by atoms with E-state index in [-0.39, 0.29) is 18.4 Å². The number of aliphatic carboxylic acids is 1. The Hall–Kier alpha value is -1.33. The zero-order valence-corrected chi connectivity index (χ0v) is 11.8. The maximum absolute atomic E-state index is 11.0. The summed E-state index contributed by atoms with van der Waals surface area (Å²) in [6, 6.07) is 0.283. The molecule has 5 heteroatoms. The summed E-state index contributed by atoms with van der Waals surface area (Å²) in [4.78, 5) is 13.4. The number of carbonyl (C=O) groups is 1. The molecule has 2 atom stereocenters. The van der Waals surface area contributed by atoms with E-state index in [1.54, 1.807) is 6.26 Å². The van der Waals surface area contributed by atoms with Gasteiger partial charge in [-0.2, -0.15) is 0 Å². The van der Waals surface area contributed by atoms with Crippen LogP contribution in [-0.2, 0) is 16.0 Å². The number of ether oxygens (including phenoxy) is 1. The van der Waals surface area contributed by atoms with Crippen LogP contribution in [0.25, 0.3) is 0 Å². The van der Waals surface area contributed by atoms with Gasteiger partial charge in [-0.05, 0) is 24.8 Å². The summed E-state index contributed by atoms with van der Waals surface area (Å²) < 4.78 is 11.1. The number of nitrogens with zero attached hydrogens (tertiary/aromatic N) is 1. The van der Waals surface area contributed by atoms with Crippen molar-refractivity contribution in [3.8, 4) is 0 Å². The third-order valence-electron chi connectivity index (χ3n) is 4.42. The maximum atomic E-state index is 11.0. The summed E-state index contributed by atoms with van der Waals surface area (Å²) in [5.41, 5.74) is 2.47. The third kappa shape index (κ3) is 2.60. The number of hydrogen-bond acceptors (Lipinski definition) is 4. The summed E-state index contributed by atoms with van der Waals surface area (Å²) in [5.74, 6) is 0.428. The van der Waals surface area contributed by atoms with Crippen LogP contribution in [0.15, 0.2) is 10.7 Å². The van der Waals surface area contributed by atoms with Gasteiger partial charge < -0.3 is 14.3 Å². The van der Waals surface area contributed by atoms with Crippen LogP contribution in [0, 0.1) is 12.8 Å². The minimum atomic E-state index is -0.720. The second-order valence-corrected chi connectivity index (χ2v) is 5.82. The number of aryl methyl sites for hydroxylation is 1. The molecule has 0 bridgehead atoms. The van der Waals surface area contributed by atoms with Crippen molar-refractivity contribution in [2.24, 2.45) is 5.92 Å². The fourth-order valence-corrected chi connectivity index (χ4v) is 3.52. The molecule has 3 rings (SSSR count). The van der Waals surface area contributed by atoms with Gasteiger partial charge in [-0.15, -0.1) is 0 Å². The van der Waals surface area contributed by atoms with E-state index in [0.29, 0.717) is 0 Å². The number of carboxylic acid groups (broad SMARTS) is 1. The van der Waals surface area contributed by atoms with Crippen molar-refractivity contribution in [2.45, 2.75) is 32.2 Å². The number of fused-ring (bicyclic) bond motifs is 1. The molecule has 0 amide bonds. The Morgan fingerprint density at radius 3 is 2.90 bits per heavy atom. The maximum Gasteiger partial charge on any atom is 0.303 e. The molecule has 1 aromatic heterocycles. The van der Waals surface area contributed by atoms with E-state index < -0.39 is 5.97 Å². The molecule has 0 spiro atoms. The highest BCUT2D eigenvalue weighted by molar-refractivity contribution is 5.67. The highest BCUT2D eigenvalue weighted by Gasteiger charge is 2.35. The predicted octanol–water partition coefficient (Wildman–Crippen LogP) is 2.00. The molecule has 1 saturated heterocycles. The Morgan fingerprint density at radius 1 is 1.45 bits per heavy atom. The minimum Gasteiger partial charge on any atom is -0.481 e. The second kappa shape index (κ2) is 5.58. The second-order valence-electron chi connectivity index (χ2n) is 5.82. The van der Waals surface area contributed by atoms with Gasteiger partial charge in [0.25, 0.3) is 0 Å². The third-order valence-corrected chi connectivity index (χ3v) is 4.42. The number of rotatable bonds is 3. The molecule has 1 fully saturated rings. The van der Waals surface area contributed by atoms with E-state index in [4.69, 9.17) is 14.3 Å². The van der Waals surface area contributed by atoms with Gasteiger partial charge in [-0.25, -0.2) is 0 Å². The zero-order chi connectivity index (χ0) is 14.1. The normalized spacial score (nSPS) is 27.2. The van der Waals surface area contributed by atoms with E-state index in [2.05, 4.69) is 11.8 Å². The first kappa shape index (κ1) is 13.6. The predicted molar refractivity (Wildman–Crippen MR) is 72.6 cm³/mol. The molecule has 2 aliphatic rings. The van der Waals surface area contributed by atoms with Gasteiger partial charge in [-0.3, -0.25) is 9.69 Å². The minimum absolute atomic E-state index is 0.165. The van der Waals surface area contributed by atoms with Crippen LogP contribution >= 0.6 is 0 Å². The Labute approximate surface area is 118 Å². The lowest BCUT2D eigenvalue weighted by Gasteiger charge is -2.39. The zero-order valence-electron chi connectivity index (χ0n) is 11.8. The number of carboxylic acids is 1. The Morgan fingerprint density at radius 2 is 2.20 bits per heavy atom. The van der Waals surface area contributed by atoms with Crippen molar-refractivity contribution in [1.82, 2.24) is 4.90 Å². The Kier molecular flexibility index (Phi) is 3.81. The van der Waals surface area contributed by atoms with Crippen LogP contribution in [0.4, 0.5) is 0 Å². The SMILES string of the molecule is Cc1coc2c1C(N1CCOCC1)CC(CC(=O)O)C2. The summed E-state index contributed by atoms with van der Waals surface area (Å²) in [6.07, 6.45) is 3.68. The van der Waals surface area contributed by atoms with E-state index in [1.165, 1.54) is 11.1 Å². The Bertz CT molecular complexity index is 490. The van der Waals surface area contributed by atoms with E-state index in [9.17, 15) is 4.79 Å². The molecule has 1 aromatic rings. The van der Waals surface area contributed by atoms with Crippen molar-refractivity contribution in [1.29, 1.82) is 0 Å². The average Bonchev–Trinajstić information content (AvgIpc) is 2.80. The van der Waals surface area contributed by atoms with Crippen molar-refractivity contribution in [3.05, 3.63) is 23.2 Å². The van der Waals surface area contributed by atoms with Gasteiger partial charge in [0.1, 0.15) is 5.76 Å². The van der Waals surface area contributed by atoms with E-state index >= 15 is 0 Å². The van der Waals surface area contributed by atoms with Gasteiger partial charge in [0.2, 0.25) is 0 Å². The smallest absolute Gasteiger partial charge is 0.303 e. The molecular weight excluding hydrogens is 258 g/mol. The van der Waals surface area contributed by atoms with Crippen molar-refractivity contribution >= 4 is 5.97 Å². The molecular formula is C15H21NO4. The first-order valence-electron chi connectivity index (χ1n) is 7.25. The Balaban J connectivity index is 1.85. The molecule has 2 heterocycles. The molecule has 1 N–H and O–H groups in total. The van der Waals surface area contributed by atoms with Gasteiger partial charge >= 0.3 is 5.97 Å². The highest BCUT2D eigenvalue weighted by atomic mass is 16.5. The number of furan rings is 1. The summed E-state index contributed by atoms with van der Waals surface area (Å²) in [6.45, 7) is 5.41. The molecule has 0 radical (unpaired) electrons. The highest BCUT2D eigenvalue weighted by Crippen LogP contribution is 2.41. The lowest BCUT2D eigenvalue weighted by Crippen LogP contribution is -2.41. The fraction of sp³-hybridized carbons (Fsp3) is 0.667. The van der Waals surface area contributed by atoms with Gasteiger partial charge in [0.05, 0.1) is 19.5 Å². The molecule has 2 unspecified atom stereocenters. The molecule has 20 heavy (non-hydrogen) atoms. The quantitative estimate of drug-likeness (QED) is 0.917.